The lowest BCUT2D eigenvalue weighted by atomic mass is 9.94. The van der Waals surface area contributed by atoms with Crippen LogP contribution in [-0.4, -0.2) is 24.7 Å². The summed E-state index contributed by atoms with van der Waals surface area (Å²) in [6.45, 7) is 4.70. The fourth-order valence-electron chi connectivity index (χ4n) is 2.14. The molecular formula is C15H24N2O3. The van der Waals surface area contributed by atoms with Crippen LogP contribution in [0.2, 0.25) is 0 Å². The lowest BCUT2D eigenvalue weighted by Gasteiger charge is -2.17. The molecule has 1 rings (SSSR count). The van der Waals surface area contributed by atoms with E-state index in [1.54, 1.807) is 12.1 Å². The van der Waals surface area contributed by atoms with Crippen molar-refractivity contribution in [3.63, 3.8) is 0 Å². The average Bonchev–Trinajstić information content (AvgIpc) is 2.39. The molecule has 0 radical (unpaired) electrons. The van der Waals surface area contributed by atoms with Crippen LogP contribution < -0.4 is 15.8 Å². The number of aromatic hydroxyl groups is 1. The molecule has 0 bridgehead atoms. The van der Waals surface area contributed by atoms with Crippen molar-refractivity contribution in [2.24, 2.45) is 17.6 Å². The minimum Gasteiger partial charge on any atom is -0.506 e. The number of hydrogen-bond acceptors (Lipinski definition) is 4. The van der Waals surface area contributed by atoms with E-state index in [1.165, 1.54) is 13.2 Å². The van der Waals surface area contributed by atoms with Gasteiger partial charge in [0.05, 0.1) is 12.8 Å². The number of benzene rings is 1. The van der Waals surface area contributed by atoms with Gasteiger partial charge >= 0.3 is 0 Å². The van der Waals surface area contributed by atoms with Gasteiger partial charge in [-0.2, -0.15) is 0 Å². The van der Waals surface area contributed by atoms with Crippen LogP contribution in [0.25, 0.3) is 0 Å². The monoisotopic (exact) mass is 280 g/mol. The van der Waals surface area contributed by atoms with Crippen molar-refractivity contribution < 1.29 is 14.6 Å². The van der Waals surface area contributed by atoms with Crippen LogP contribution in [0.1, 0.15) is 26.7 Å². The van der Waals surface area contributed by atoms with E-state index in [9.17, 15) is 9.90 Å². The van der Waals surface area contributed by atoms with Crippen molar-refractivity contribution in [1.29, 1.82) is 0 Å². The summed E-state index contributed by atoms with van der Waals surface area (Å²) in [4.78, 5) is 12.0. The van der Waals surface area contributed by atoms with E-state index in [-0.39, 0.29) is 17.6 Å². The molecule has 20 heavy (non-hydrogen) atoms. The van der Waals surface area contributed by atoms with Crippen molar-refractivity contribution >= 4 is 11.6 Å². The van der Waals surface area contributed by atoms with Crippen LogP contribution >= 0.6 is 0 Å². The summed E-state index contributed by atoms with van der Waals surface area (Å²) in [5, 5.41) is 12.5. The molecular weight excluding hydrogens is 256 g/mol. The summed E-state index contributed by atoms with van der Waals surface area (Å²) in [7, 11) is 1.52. The maximum absolute atomic E-state index is 12.0. The van der Waals surface area contributed by atoms with Crippen LogP contribution in [0.15, 0.2) is 18.2 Å². The predicted molar refractivity (Wildman–Crippen MR) is 79.9 cm³/mol. The third-order valence-electron chi connectivity index (χ3n) is 3.09. The summed E-state index contributed by atoms with van der Waals surface area (Å²) in [6, 6.07) is 4.76. The molecule has 1 unspecified atom stereocenters. The Balaban J connectivity index is 2.61. The molecule has 5 heteroatoms. The van der Waals surface area contributed by atoms with Gasteiger partial charge < -0.3 is 20.9 Å². The van der Waals surface area contributed by atoms with Gasteiger partial charge in [-0.05, 0) is 36.9 Å². The zero-order valence-electron chi connectivity index (χ0n) is 12.3. The first-order valence-electron chi connectivity index (χ1n) is 6.83. The number of carbonyl (C=O) groups excluding carboxylic acids is 1. The molecule has 1 aromatic rings. The molecule has 0 aromatic heterocycles. The van der Waals surface area contributed by atoms with Gasteiger partial charge in [-0.3, -0.25) is 4.79 Å². The average molecular weight is 280 g/mol. The second-order valence-electron chi connectivity index (χ2n) is 5.37. The van der Waals surface area contributed by atoms with E-state index >= 15 is 0 Å². The van der Waals surface area contributed by atoms with Crippen molar-refractivity contribution in [3.8, 4) is 11.5 Å². The molecule has 1 aromatic carbocycles. The summed E-state index contributed by atoms with van der Waals surface area (Å²) >= 11 is 0. The van der Waals surface area contributed by atoms with E-state index in [4.69, 9.17) is 10.5 Å². The van der Waals surface area contributed by atoms with E-state index in [2.05, 4.69) is 19.2 Å². The highest BCUT2D eigenvalue weighted by Gasteiger charge is 2.15. The Hall–Kier alpha value is -1.75. The van der Waals surface area contributed by atoms with E-state index < -0.39 is 0 Å². The number of nitrogens with one attached hydrogen (secondary N) is 1. The number of hydrogen-bond donors (Lipinski definition) is 3. The van der Waals surface area contributed by atoms with Gasteiger partial charge in [0.25, 0.3) is 0 Å². The number of nitrogens with two attached hydrogens (primary N) is 1. The summed E-state index contributed by atoms with van der Waals surface area (Å²) in [5.41, 5.74) is 6.07. The standard InChI is InChI=1S/C15H24N2O3/c1-10(2)6-11(9-16)7-15(19)17-13-5-4-12(20-3)8-14(13)18/h4-5,8,10-11,18H,6-7,9,16H2,1-3H3,(H,17,19). The van der Waals surface area contributed by atoms with Gasteiger partial charge in [0, 0.05) is 12.5 Å². The molecule has 0 saturated carbocycles. The van der Waals surface area contributed by atoms with E-state index in [1.807, 2.05) is 0 Å². The highest BCUT2D eigenvalue weighted by atomic mass is 16.5. The zero-order chi connectivity index (χ0) is 15.1. The third kappa shape index (κ3) is 5.09. The van der Waals surface area contributed by atoms with Crippen LogP contribution in [0.3, 0.4) is 0 Å². The van der Waals surface area contributed by atoms with Crippen LogP contribution in [-0.2, 0) is 4.79 Å². The van der Waals surface area contributed by atoms with Gasteiger partial charge in [0.15, 0.2) is 0 Å². The van der Waals surface area contributed by atoms with Crippen molar-refractivity contribution in [2.45, 2.75) is 26.7 Å². The maximum atomic E-state index is 12.0. The molecule has 0 heterocycles. The second-order valence-corrected chi connectivity index (χ2v) is 5.37. The number of phenols is 1. The molecule has 1 amide bonds. The van der Waals surface area contributed by atoms with Crippen molar-refractivity contribution in [2.75, 3.05) is 19.0 Å². The first-order valence-corrected chi connectivity index (χ1v) is 6.83. The summed E-state index contributed by atoms with van der Waals surface area (Å²) in [5.74, 6) is 1.06. The van der Waals surface area contributed by atoms with Crippen molar-refractivity contribution in [3.05, 3.63) is 18.2 Å². The molecule has 0 aliphatic rings. The topological polar surface area (TPSA) is 84.6 Å². The highest BCUT2D eigenvalue weighted by Crippen LogP contribution is 2.28. The SMILES string of the molecule is COc1ccc(NC(=O)CC(CN)CC(C)C)c(O)c1. The third-order valence-corrected chi connectivity index (χ3v) is 3.09. The molecule has 112 valence electrons. The van der Waals surface area contributed by atoms with E-state index in [0.717, 1.165) is 6.42 Å². The Morgan fingerprint density at radius 1 is 1.45 bits per heavy atom. The Kier molecular flexibility index (Phi) is 6.31. The number of methoxy groups -OCH3 is 1. The van der Waals surface area contributed by atoms with E-state index in [0.29, 0.717) is 30.3 Å². The van der Waals surface area contributed by atoms with Gasteiger partial charge in [-0.15, -0.1) is 0 Å². The molecule has 0 spiro atoms. The predicted octanol–water partition coefficient (Wildman–Crippen LogP) is 2.35. The van der Waals surface area contributed by atoms with Gasteiger partial charge in [0.1, 0.15) is 11.5 Å². The molecule has 0 fully saturated rings. The highest BCUT2D eigenvalue weighted by molar-refractivity contribution is 5.92. The molecule has 0 aliphatic carbocycles. The normalized spacial score (nSPS) is 12.2. The minimum absolute atomic E-state index is 0.00846. The number of rotatable bonds is 7. The Labute approximate surface area is 120 Å². The molecule has 0 aliphatic heterocycles. The Bertz CT molecular complexity index is 447. The lowest BCUT2D eigenvalue weighted by Crippen LogP contribution is -2.23. The lowest BCUT2D eigenvalue weighted by molar-refractivity contribution is -0.117. The van der Waals surface area contributed by atoms with Gasteiger partial charge in [-0.25, -0.2) is 0 Å². The van der Waals surface area contributed by atoms with Gasteiger partial charge in [0.2, 0.25) is 5.91 Å². The number of carbonyl (C=O) groups is 1. The number of anilines is 1. The Morgan fingerprint density at radius 3 is 2.65 bits per heavy atom. The first kappa shape index (κ1) is 16.3. The smallest absolute Gasteiger partial charge is 0.224 e. The first-order chi connectivity index (χ1) is 9.46. The summed E-state index contributed by atoms with van der Waals surface area (Å²) in [6.07, 6.45) is 1.28. The number of ether oxygens (including phenoxy) is 1. The van der Waals surface area contributed by atoms with Crippen LogP contribution in [0, 0.1) is 11.8 Å². The second kappa shape index (κ2) is 7.75. The summed E-state index contributed by atoms with van der Waals surface area (Å²) < 4.78 is 4.99. The zero-order valence-corrected chi connectivity index (χ0v) is 12.3. The molecule has 4 N–H and O–H groups in total. The maximum Gasteiger partial charge on any atom is 0.224 e. The van der Waals surface area contributed by atoms with Crippen LogP contribution in [0.5, 0.6) is 11.5 Å². The molecule has 5 nitrogen and oxygen atoms in total. The minimum atomic E-state index is -0.137. The fraction of sp³-hybridized carbons (Fsp3) is 0.533. The number of amides is 1. The Morgan fingerprint density at radius 2 is 2.15 bits per heavy atom. The molecule has 0 saturated heterocycles. The van der Waals surface area contributed by atoms with Crippen LogP contribution in [0.4, 0.5) is 5.69 Å². The molecule has 1 atom stereocenters. The van der Waals surface area contributed by atoms with Gasteiger partial charge in [-0.1, -0.05) is 13.8 Å². The quantitative estimate of drug-likeness (QED) is 0.669. The largest absolute Gasteiger partial charge is 0.506 e. The van der Waals surface area contributed by atoms with Crippen molar-refractivity contribution in [1.82, 2.24) is 0 Å². The fourth-order valence-corrected chi connectivity index (χ4v) is 2.14. The number of phenolic OH excluding ortho intramolecular Hbond substituents is 1.